The zero-order valence-corrected chi connectivity index (χ0v) is 30.2. The van der Waals surface area contributed by atoms with E-state index in [1.54, 1.807) is 6.92 Å². The molecule has 266 valence electrons. The van der Waals surface area contributed by atoms with Crippen LogP contribution in [0.3, 0.4) is 0 Å². The summed E-state index contributed by atoms with van der Waals surface area (Å²) in [6, 6.07) is 15.0. The Morgan fingerprint density at radius 3 is 2.37 bits per heavy atom. The van der Waals surface area contributed by atoms with Crippen molar-refractivity contribution in [2.45, 2.75) is 147 Å². The van der Waals surface area contributed by atoms with Gasteiger partial charge in [0, 0.05) is 36.9 Å². The van der Waals surface area contributed by atoms with Gasteiger partial charge in [-0.2, -0.15) is 0 Å². The van der Waals surface area contributed by atoms with Crippen LogP contribution in [0.1, 0.15) is 127 Å². The smallest absolute Gasteiger partial charge is 0.308 e. The maximum absolute atomic E-state index is 14.1. The average molecular weight is 671 g/mol. The number of benzene rings is 2. The molecule has 2 heterocycles. The van der Waals surface area contributed by atoms with E-state index in [4.69, 9.17) is 9.47 Å². The SMILES string of the molecule is CCCCN(C(=O)CCCCCCCCCCc1ccccc1)[C@@H]1CC[C@H]2[C@H]3Cc4ccc(OC(C)=O)c5c4[C@@]2(CCN3CC(C)=O)[C@H]1O5. The van der Waals surface area contributed by atoms with Crippen LogP contribution in [-0.4, -0.2) is 65.3 Å². The van der Waals surface area contributed by atoms with E-state index in [0.29, 0.717) is 24.6 Å². The lowest BCUT2D eigenvalue weighted by atomic mass is 9.51. The normalized spacial score (nSPS) is 25.0. The molecule has 6 rings (SSSR count). The standard InChI is InChI=1S/C42H58N2O5/c1-4-5-26-44(38(47)20-16-11-9-7-6-8-10-13-17-32-18-14-12-15-19-32)35-23-22-34-36-28-33-21-24-37(48-31(3)46)40-39(33)42(34,41(35)49-40)25-27-43(36)29-30(2)45/h12,14-15,18-19,21,24,34-36,41H,4-11,13,16-17,20,22-23,25-29H2,1-3H3/t34-,35+,36+,41-,42-/m0/s1. The van der Waals surface area contributed by atoms with E-state index in [1.807, 2.05) is 6.07 Å². The highest BCUT2D eigenvalue weighted by atomic mass is 16.6. The Bertz CT molecular complexity index is 1460. The molecule has 1 saturated heterocycles. The highest BCUT2D eigenvalue weighted by Gasteiger charge is 2.66. The summed E-state index contributed by atoms with van der Waals surface area (Å²) in [5, 5.41) is 0. The monoisotopic (exact) mass is 670 g/mol. The summed E-state index contributed by atoms with van der Waals surface area (Å²) in [6.45, 7) is 7.38. The fraction of sp³-hybridized carbons (Fsp3) is 0.643. The van der Waals surface area contributed by atoms with Crippen LogP contribution in [-0.2, 0) is 32.6 Å². The van der Waals surface area contributed by atoms with Crippen molar-refractivity contribution in [1.29, 1.82) is 0 Å². The molecule has 2 bridgehead atoms. The van der Waals surface area contributed by atoms with Crippen LogP contribution in [0.5, 0.6) is 11.5 Å². The Morgan fingerprint density at radius 2 is 1.65 bits per heavy atom. The summed E-state index contributed by atoms with van der Waals surface area (Å²) in [4.78, 5) is 43.1. The zero-order valence-electron chi connectivity index (χ0n) is 30.2. The number of piperidine rings is 1. The maximum atomic E-state index is 14.1. The van der Waals surface area contributed by atoms with Gasteiger partial charge in [-0.25, -0.2) is 0 Å². The highest BCUT2D eigenvalue weighted by molar-refractivity contribution is 5.78. The third-order valence-corrected chi connectivity index (χ3v) is 12.0. The lowest BCUT2D eigenvalue weighted by Crippen LogP contribution is -2.69. The molecular formula is C42H58N2O5. The molecule has 4 aliphatic rings. The Morgan fingerprint density at radius 1 is 0.918 bits per heavy atom. The van der Waals surface area contributed by atoms with E-state index in [2.05, 4.69) is 53.1 Å². The topological polar surface area (TPSA) is 76.2 Å². The predicted molar refractivity (Wildman–Crippen MR) is 193 cm³/mol. The Balaban J connectivity index is 1.10. The first-order valence-electron chi connectivity index (χ1n) is 19.4. The highest BCUT2D eigenvalue weighted by Crippen LogP contribution is 2.64. The second-order valence-electron chi connectivity index (χ2n) is 15.3. The average Bonchev–Trinajstić information content (AvgIpc) is 3.44. The number of ketones is 1. The van der Waals surface area contributed by atoms with Gasteiger partial charge >= 0.3 is 5.97 Å². The minimum atomic E-state index is -0.354. The van der Waals surface area contributed by atoms with E-state index in [9.17, 15) is 14.4 Å². The molecule has 0 radical (unpaired) electrons. The number of Topliss-reactive ketones (excluding diaryl/α,β-unsaturated/α-hetero) is 1. The number of carbonyl (C=O) groups is 3. The number of ether oxygens (including phenoxy) is 2. The number of unbranched alkanes of at least 4 members (excludes halogenated alkanes) is 8. The largest absolute Gasteiger partial charge is 0.483 e. The van der Waals surface area contributed by atoms with Gasteiger partial charge in [-0.15, -0.1) is 0 Å². The van der Waals surface area contributed by atoms with Crippen LogP contribution in [0, 0.1) is 5.92 Å². The molecule has 7 heteroatoms. The van der Waals surface area contributed by atoms with Crippen LogP contribution < -0.4 is 9.47 Å². The number of nitrogens with zero attached hydrogens (tertiary/aromatic N) is 2. The Kier molecular flexibility index (Phi) is 11.8. The number of hydrogen-bond donors (Lipinski definition) is 0. The number of rotatable bonds is 18. The third kappa shape index (κ3) is 7.62. The molecule has 2 aliphatic carbocycles. The summed E-state index contributed by atoms with van der Waals surface area (Å²) in [5.74, 6) is 1.67. The summed E-state index contributed by atoms with van der Waals surface area (Å²) < 4.78 is 12.7. The number of carbonyl (C=O) groups excluding carboxylic acids is 3. The van der Waals surface area contributed by atoms with E-state index in [0.717, 1.165) is 70.2 Å². The zero-order chi connectivity index (χ0) is 34.4. The predicted octanol–water partition coefficient (Wildman–Crippen LogP) is 7.99. The van der Waals surface area contributed by atoms with Crippen LogP contribution in [0.15, 0.2) is 42.5 Å². The van der Waals surface area contributed by atoms with Gasteiger partial charge in [-0.3, -0.25) is 19.3 Å². The molecule has 7 nitrogen and oxygen atoms in total. The fourth-order valence-corrected chi connectivity index (χ4v) is 9.88. The van der Waals surface area contributed by atoms with Gasteiger partial charge < -0.3 is 14.4 Å². The lowest BCUT2D eigenvalue weighted by Gasteiger charge is -2.60. The molecule has 2 aromatic rings. The second-order valence-corrected chi connectivity index (χ2v) is 15.3. The van der Waals surface area contributed by atoms with Crippen molar-refractivity contribution in [3.8, 4) is 11.5 Å². The first kappa shape index (κ1) is 35.6. The summed E-state index contributed by atoms with van der Waals surface area (Å²) in [6.07, 6.45) is 16.8. The molecule has 0 unspecified atom stereocenters. The molecule has 2 aromatic carbocycles. The van der Waals surface area contributed by atoms with E-state index in [1.165, 1.54) is 68.6 Å². The quantitative estimate of drug-likeness (QED) is 0.0910. The molecule has 1 amide bonds. The van der Waals surface area contributed by atoms with Crippen molar-refractivity contribution in [3.63, 3.8) is 0 Å². The third-order valence-electron chi connectivity index (χ3n) is 12.0. The molecule has 5 atom stereocenters. The van der Waals surface area contributed by atoms with Crippen LogP contribution >= 0.6 is 0 Å². The van der Waals surface area contributed by atoms with E-state index >= 15 is 0 Å². The van der Waals surface area contributed by atoms with Gasteiger partial charge in [0.15, 0.2) is 11.5 Å². The van der Waals surface area contributed by atoms with Crippen LogP contribution in [0.2, 0.25) is 0 Å². The molecular weight excluding hydrogens is 612 g/mol. The van der Waals surface area contributed by atoms with E-state index in [-0.39, 0.29) is 41.3 Å². The molecule has 2 fully saturated rings. The number of amides is 1. The minimum absolute atomic E-state index is 0.0188. The first-order chi connectivity index (χ1) is 23.8. The van der Waals surface area contributed by atoms with Crippen LogP contribution in [0.4, 0.5) is 0 Å². The van der Waals surface area contributed by atoms with Crippen molar-refractivity contribution in [1.82, 2.24) is 9.80 Å². The van der Waals surface area contributed by atoms with Crippen molar-refractivity contribution < 1.29 is 23.9 Å². The van der Waals surface area contributed by atoms with Crippen molar-refractivity contribution in [3.05, 3.63) is 59.2 Å². The van der Waals surface area contributed by atoms with Crippen molar-refractivity contribution >= 4 is 17.7 Å². The summed E-state index contributed by atoms with van der Waals surface area (Å²) in [7, 11) is 0. The molecule has 2 aliphatic heterocycles. The van der Waals surface area contributed by atoms with Gasteiger partial charge in [0.1, 0.15) is 11.9 Å². The molecule has 1 spiro atoms. The number of hydrogen-bond acceptors (Lipinski definition) is 6. The number of esters is 1. The second kappa shape index (κ2) is 16.2. The van der Waals surface area contributed by atoms with Gasteiger partial charge in [-0.05, 0) is 87.9 Å². The fourth-order valence-electron chi connectivity index (χ4n) is 9.88. The number of aryl methyl sites for hydroxylation is 1. The summed E-state index contributed by atoms with van der Waals surface area (Å²) >= 11 is 0. The molecule has 0 N–H and O–H groups in total. The van der Waals surface area contributed by atoms with Gasteiger partial charge in [0.25, 0.3) is 0 Å². The van der Waals surface area contributed by atoms with Gasteiger partial charge in [0.05, 0.1) is 12.6 Å². The van der Waals surface area contributed by atoms with Gasteiger partial charge in [-0.1, -0.05) is 88.3 Å². The lowest BCUT2D eigenvalue weighted by molar-refractivity contribution is -0.143. The van der Waals surface area contributed by atoms with Crippen LogP contribution in [0.25, 0.3) is 0 Å². The number of likely N-dealkylation sites (tertiary alicyclic amines) is 1. The Labute approximate surface area is 294 Å². The minimum Gasteiger partial charge on any atom is -0.483 e. The van der Waals surface area contributed by atoms with Gasteiger partial charge in [0.2, 0.25) is 5.91 Å². The van der Waals surface area contributed by atoms with E-state index < -0.39 is 0 Å². The van der Waals surface area contributed by atoms with Crippen molar-refractivity contribution in [2.24, 2.45) is 5.92 Å². The van der Waals surface area contributed by atoms with Crippen molar-refractivity contribution in [2.75, 3.05) is 19.6 Å². The summed E-state index contributed by atoms with van der Waals surface area (Å²) in [5.41, 5.74) is 3.65. The molecule has 49 heavy (non-hydrogen) atoms. The maximum Gasteiger partial charge on any atom is 0.308 e. The molecule has 0 aromatic heterocycles. The Hall–Kier alpha value is -3.19. The first-order valence-corrected chi connectivity index (χ1v) is 19.4. The molecule has 1 saturated carbocycles.